The number of carbonyl (C=O) groups excluding carboxylic acids is 1. The number of carbonyl (C=O) groups is 2. The van der Waals surface area contributed by atoms with E-state index in [1.165, 1.54) is 12.8 Å². The van der Waals surface area contributed by atoms with Crippen molar-refractivity contribution in [2.45, 2.75) is 102 Å². The molecule has 0 aromatic carbocycles. The number of rotatable bonds is 17. The van der Waals surface area contributed by atoms with Crippen LogP contribution in [-0.4, -0.2) is 45.3 Å². The van der Waals surface area contributed by atoms with Crippen LogP contribution in [0.15, 0.2) is 0 Å². The van der Waals surface area contributed by atoms with Crippen molar-refractivity contribution in [1.82, 2.24) is 0 Å². The van der Waals surface area contributed by atoms with E-state index < -0.39 is 24.2 Å². The Morgan fingerprint density at radius 2 is 1.40 bits per heavy atom. The van der Waals surface area contributed by atoms with Gasteiger partial charge in [0.05, 0.1) is 12.7 Å². The molecule has 0 aliphatic rings. The van der Waals surface area contributed by atoms with Gasteiger partial charge in [-0.2, -0.15) is 0 Å². The first kappa shape index (κ1) is 24.0. The summed E-state index contributed by atoms with van der Waals surface area (Å²) in [6.45, 7) is 1.38. The summed E-state index contributed by atoms with van der Waals surface area (Å²) in [7, 11) is 0. The van der Waals surface area contributed by atoms with E-state index in [-0.39, 0.29) is 6.42 Å². The highest BCUT2D eigenvalue weighted by Gasteiger charge is 2.40. The minimum atomic E-state index is -1.97. The van der Waals surface area contributed by atoms with Crippen LogP contribution in [0.4, 0.5) is 0 Å². The average Bonchev–Trinajstić information content (AvgIpc) is 2.59. The Morgan fingerprint density at radius 3 is 1.88 bits per heavy atom. The number of carboxylic acids is 1. The number of aliphatic hydroxyl groups excluding tert-OH is 2. The molecule has 0 heterocycles. The predicted molar refractivity (Wildman–Crippen MR) is 98.3 cm³/mol. The summed E-state index contributed by atoms with van der Waals surface area (Å²) in [6, 6.07) is 0. The number of aliphatic hydroxyl groups is 2. The van der Waals surface area contributed by atoms with Gasteiger partial charge in [-0.05, 0) is 19.3 Å². The predicted octanol–water partition coefficient (Wildman–Crippen LogP) is 2.78. The van der Waals surface area contributed by atoms with E-state index in [9.17, 15) is 14.7 Å². The number of Topliss-reactive ketones (excluding diaryl/α,β-unsaturated/α-hetero) is 1. The van der Waals surface area contributed by atoms with E-state index in [0.29, 0.717) is 25.0 Å². The lowest BCUT2D eigenvalue weighted by Gasteiger charge is -2.27. The molecule has 0 spiro atoms. The Morgan fingerprint density at radius 1 is 0.920 bits per heavy atom. The second-order valence-electron chi connectivity index (χ2n) is 7.03. The van der Waals surface area contributed by atoms with Crippen molar-refractivity contribution in [3.05, 3.63) is 0 Å². The zero-order valence-corrected chi connectivity index (χ0v) is 15.7. The Bertz CT molecular complexity index is 375. The second kappa shape index (κ2) is 14.2. The fourth-order valence-electron chi connectivity index (χ4n) is 2.81. The molecule has 0 saturated carbocycles. The normalized spacial score (nSPS) is 14.9. The van der Waals surface area contributed by atoms with Gasteiger partial charge in [-0.25, -0.2) is 0 Å². The van der Waals surface area contributed by atoms with E-state index in [1.54, 1.807) is 0 Å². The van der Waals surface area contributed by atoms with Crippen molar-refractivity contribution in [3.63, 3.8) is 0 Å². The molecule has 0 aliphatic heterocycles. The summed E-state index contributed by atoms with van der Waals surface area (Å²) in [5.41, 5.74) is 3.54. The standard InChI is InChI=1S/C19H37NO5/c1-2-3-4-9-12-16(22)13-10-7-5-6-8-11-14-17(23)19(20,15-21)18(24)25/h17,21,23H,2-15,20H2,1H3,(H,24,25)/t17-,19-/m1/s1. The van der Waals surface area contributed by atoms with Crippen LogP contribution in [0, 0.1) is 0 Å². The molecule has 0 radical (unpaired) electrons. The fraction of sp³-hybridized carbons (Fsp3) is 0.895. The van der Waals surface area contributed by atoms with Crippen LogP contribution in [0.1, 0.15) is 90.4 Å². The van der Waals surface area contributed by atoms with Gasteiger partial charge >= 0.3 is 5.97 Å². The van der Waals surface area contributed by atoms with Gasteiger partial charge in [0.25, 0.3) is 0 Å². The number of ketones is 1. The van der Waals surface area contributed by atoms with Gasteiger partial charge < -0.3 is 21.1 Å². The molecule has 0 unspecified atom stereocenters. The minimum absolute atomic E-state index is 0.263. The van der Waals surface area contributed by atoms with Gasteiger partial charge in [0.15, 0.2) is 5.54 Å². The molecule has 6 nitrogen and oxygen atoms in total. The van der Waals surface area contributed by atoms with Crippen molar-refractivity contribution in [2.75, 3.05) is 6.61 Å². The Balaban J connectivity index is 3.58. The second-order valence-corrected chi connectivity index (χ2v) is 7.03. The van der Waals surface area contributed by atoms with Crippen LogP contribution in [0.5, 0.6) is 0 Å². The third-order valence-electron chi connectivity index (χ3n) is 4.75. The SMILES string of the molecule is CCCCCCC(=O)CCCCCCCC[C@@H](O)[C@](N)(CO)C(=O)O. The van der Waals surface area contributed by atoms with Gasteiger partial charge in [0.2, 0.25) is 0 Å². The van der Waals surface area contributed by atoms with E-state index in [4.69, 9.17) is 15.9 Å². The van der Waals surface area contributed by atoms with Crippen LogP contribution in [0.3, 0.4) is 0 Å². The molecule has 0 rings (SSSR count). The van der Waals surface area contributed by atoms with Crippen LogP contribution < -0.4 is 5.73 Å². The lowest BCUT2D eigenvalue weighted by molar-refractivity contribution is -0.150. The minimum Gasteiger partial charge on any atom is -0.480 e. The molecule has 0 bridgehead atoms. The monoisotopic (exact) mass is 359 g/mol. The topological polar surface area (TPSA) is 121 Å². The van der Waals surface area contributed by atoms with E-state index in [1.807, 2.05) is 0 Å². The van der Waals surface area contributed by atoms with Crippen LogP contribution in [0.2, 0.25) is 0 Å². The van der Waals surface area contributed by atoms with E-state index in [2.05, 4.69) is 6.92 Å². The molecule has 25 heavy (non-hydrogen) atoms. The largest absolute Gasteiger partial charge is 0.480 e. The summed E-state index contributed by atoms with van der Waals surface area (Å²) in [5.74, 6) is -1.02. The highest BCUT2D eigenvalue weighted by atomic mass is 16.4. The van der Waals surface area contributed by atoms with Crippen molar-refractivity contribution in [3.8, 4) is 0 Å². The summed E-state index contributed by atoms with van der Waals surface area (Å²) in [6.07, 6.45) is 10.5. The first-order valence-corrected chi connectivity index (χ1v) is 9.71. The maximum Gasteiger partial charge on any atom is 0.328 e. The van der Waals surface area contributed by atoms with Gasteiger partial charge in [-0.3, -0.25) is 9.59 Å². The third kappa shape index (κ3) is 10.6. The summed E-state index contributed by atoms with van der Waals surface area (Å²) in [4.78, 5) is 22.7. The van der Waals surface area contributed by atoms with Crippen LogP contribution in [-0.2, 0) is 9.59 Å². The Hall–Kier alpha value is -0.980. The third-order valence-corrected chi connectivity index (χ3v) is 4.75. The first-order chi connectivity index (χ1) is 11.9. The number of hydrogen-bond donors (Lipinski definition) is 4. The molecule has 148 valence electrons. The number of unbranched alkanes of at least 4 members (excludes halogenated alkanes) is 8. The smallest absolute Gasteiger partial charge is 0.328 e. The number of carboxylic acid groups (broad SMARTS) is 1. The van der Waals surface area contributed by atoms with E-state index in [0.717, 1.165) is 44.9 Å². The molecule has 0 fully saturated rings. The zero-order valence-electron chi connectivity index (χ0n) is 15.7. The highest BCUT2D eigenvalue weighted by Crippen LogP contribution is 2.16. The Labute approximate surface area is 151 Å². The Kier molecular flexibility index (Phi) is 13.7. The summed E-state index contributed by atoms with van der Waals surface area (Å²) < 4.78 is 0. The molecular formula is C19H37NO5. The van der Waals surface area contributed by atoms with Crippen LogP contribution >= 0.6 is 0 Å². The van der Waals surface area contributed by atoms with Gasteiger partial charge in [0.1, 0.15) is 5.78 Å². The van der Waals surface area contributed by atoms with Gasteiger partial charge in [-0.15, -0.1) is 0 Å². The number of hydrogen-bond acceptors (Lipinski definition) is 5. The average molecular weight is 360 g/mol. The molecule has 0 amide bonds. The molecule has 0 saturated heterocycles. The van der Waals surface area contributed by atoms with Gasteiger partial charge in [-0.1, -0.05) is 58.3 Å². The molecular weight excluding hydrogens is 322 g/mol. The van der Waals surface area contributed by atoms with Gasteiger partial charge in [0, 0.05) is 12.8 Å². The lowest BCUT2D eigenvalue weighted by atomic mass is 9.90. The van der Waals surface area contributed by atoms with Crippen molar-refractivity contribution >= 4 is 11.8 Å². The van der Waals surface area contributed by atoms with Crippen LogP contribution in [0.25, 0.3) is 0 Å². The van der Waals surface area contributed by atoms with E-state index >= 15 is 0 Å². The maximum absolute atomic E-state index is 11.7. The summed E-state index contributed by atoms with van der Waals surface area (Å²) in [5, 5.41) is 27.9. The highest BCUT2D eigenvalue weighted by molar-refractivity contribution is 5.79. The summed E-state index contributed by atoms with van der Waals surface area (Å²) >= 11 is 0. The molecule has 2 atom stereocenters. The van der Waals surface area contributed by atoms with Crippen molar-refractivity contribution in [2.24, 2.45) is 5.73 Å². The quantitative estimate of drug-likeness (QED) is 0.296. The number of aliphatic carboxylic acids is 1. The maximum atomic E-state index is 11.7. The van der Waals surface area contributed by atoms with Crippen molar-refractivity contribution < 1.29 is 24.9 Å². The number of nitrogens with two attached hydrogens (primary N) is 1. The molecule has 0 aliphatic carbocycles. The first-order valence-electron chi connectivity index (χ1n) is 9.71. The lowest BCUT2D eigenvalue weighted by Crippen LogP contribution is -2.60. The molecule has 6 heteroatoms. The molecule has 0 aromatic rings. The molecule has 5 N–H and O–H groups in total. The zero-order chi connectivity index (χ0) is 19.1. The van der Waals surface area contributed by atoms with Crippen molar-refractivity contribution in [1.29, 1.82) is 0 Å². The molecule has 0 aromatic heterocycles. The fourth-order valence-corrected chi connectivity index (χ4v) is 2.81.